The standard InChI is InChI=1S/C14H24N2O2/c1-4-13(5-2)16(8-9-17)14-7-6-12(10-15-14)11(3)18/h6-7,10-11,13,17-18H,4-5,8-9H2,1-3H3/t11-/m1/s1. The van der Waals surface area contributed by atoms with E-state index in [9.17, 15) is 10.2 Å². The number of aliphatic hydroxyl groups excluding tert-OH is 2. The quantitative estimate of drug-likeness (QED) is 0.780. The lowest BCUT2D eigenvalue weighted by Gasteiger charge is -2.31. The highest BCUT2D eigenvalue weighted by molar-refractivity contribution is 5.41. The molecule has 1 aromatic heterocycles. The summed E-state index contributed by atoms with van der Waals surface area (Å²) in [5.74, 6) is 0.863. The maximum Gasteiger partial charge on any atom is 0.128 e. The van der Waals surface area contributed by atoms with Crippen LogP contribution >= 0.6 is 0 Å². The summed E-state index contributed by atoms with van der Waals surface area (Å²) >= 11 is 0. The number of nitrogens with zero attached hydrogens (tertiary/aromatic N) is 2. The van der Waals surface area contributed by atoms with Crippen LogP contribution in [0, 0.1) is 0 Å². The van der Waals surface area contributed by atoms with Gasteiger partial charge in [-0.05, 0) is 31.4 Å². The summed E-state index contributed by atoms with van der Waals surface area (Å²) in [6, 6.07) is 4.19. The summed E-state index contributed by atoms with van der Waals surface area (Å²) < 4.78 is 0. The molecule has 0 bridgehead atoms. The number of hydrogen-bond acceptors (Lipinski definition) is 4. The van der Waals surface area contributed by atoms with Crippen LogP contribution in [0.2, 0.25) is 0 Å². The molecule has 1 aromatic rings. The fourth-order valence-corrected chi connectivity index (χ4v) is 2.14. The van der Waals surface area contributed by atoms with Crippen molar-refractivity contribution in [2.24, 2.45) is 0 Å². The molecule has 0 aromatic carbocycles. The third-order valence-electron chi connectivity index (χ3n) is 3.27. The van der Waals surface area contributed by atoms with E-state index in [1.54, 1.807) is 13.1 Å². The van der Waals surface area contributed by atoms with Crippen LogP contribution < -0.4 is 4.90 Å². The van der Waals surface area contributed by atoms with Crippen LogP contribution in [-0.2, 0) is 0 Å². The van der Waals surface area contributed by atoms with Gasteiger partial charge in [0.1, 0.15) is 5.82 Å². The van der Waals surface area contributed by atoms with E-state index in [0.29, 0.717) is 12.6 Å². The van der Waals surface area contributed by atoms with Crippen molar-refractivity contribution in [2.45, 2.75) is 45.8 Å². The number of hydrogen-bond donors (Lipinski definition) is 2. The molecule has 2 N–H and O–H groups in total. The third kappa shape index (κ3) is 3.68. The normalized spacial score (nSPS) is 12.8. The molecule has 0 saturated heterocycles. The van der Waals surface area contributed by atoms with Crippen molar-refractivity contribution in [1.82, 2.24) is 4.98 Å². The van der Waals surface area contributed by atoms with E-state index in [4.69, 9.17) is 0 Å². The SMILES string of the molecule is CCC(CC)N(CCO)c1ccc([C@@H](C)O)cn1. The van der Waals surface area contributed by atoms with E-state index in [2.05, 4.69) is 23.7 Å². The molecule has 1 atom stereocenters. The maximum absolute atomic E-state index is 9.46. The second-order valence-corrected chi connectivity index (χ2v) is 4.51. The molecule has 4 nitrogen and oxygen atoms in total. The Bertz CT molecular complexity index is 334. The molecule has 18 heavy (non-hydrogen) atoms. The number of pyridine rings is 1. The Morgan fingerprint density at radius 1 is 1.28 bits per heavy atom. The molecule has 0 aliphatic carbocycles. The maximum atomic E-state index is 9.46. The summed E-state index contributed by atoms with van der Waals surface area (Å²) in [6.07, 6.45) is 3.25. The van der Waals surface area contributed by atoms with Crippen molar-refractivity contribution < 1.29 is 10.2 Å². The molecule has 0 spiro atoms. The van der Waals surface area contributed by atoms with Crippen molar-refractivity contribution >= 4 is 5.82 Å². The highest BCUT2D eigenvalue weighted by Gasteiger charge is 2.16. The van der Waals surface area contributed by atoms with E-state index in [-0.39, 0.29) is 6.61 Å². The van der Waals surface area contributed by atoms with Crippen molar-refractivity contribution in [2.75, 3.05) is 18.1 Å². The molecule has 0 fully saturated rings. The van der Waals surface area contributed by atoms with Crippen molar-refractivity contribution in [3.8, 4) is 0 Å². The summed E-state index contributed by atoms with van der Waals surface area (Å²) in [6.45, 7) is 6.72. The molecule has 0 unspecified atom stereocenters. The fraction of sp³-hybridized carbons (Fsp3) is 0.643. The van der Waals surface area contributed by atoms with Gasteiger partial charge in [-0.3, -0.25) is 0 Å². The summed E-state index contributed by atoms with van der Waals surface area (Å²) in [7, 11) is 0. The van der Waals surface area contributed by atoms with Gasteiger partial charge < -0.3 is 15.1 Å². The van der Waals surface area contributed by atoms with Gasteiger partial charge in [-0.1, -0.05) is 19.9 Å². The van der Waals surface area contributed by atoms with Crippen LogP contribution in [0.5, 0.6) is 0 Å². The van der Waals surface area contributed by atoms with E-state index < -0.39 is 6.10 Å². The number of aromatic nitrogens is 1. The number of anilines is 1. The van der Waals surface area contributed by atoms with Gasteiger partial charge in [-0.2, -0.15) is 0 Å². The van der Waals surface area contributed by atoms with Gasteiger partial charge >= 0.3 is 0 Å². The Kier molecular flexibility index (Phi) is 6.09. The van der Waals surface area contributed by atoms with Crippen LogP contribution in [0.25, 0.3) is 0 Å². The average molecular weight is 252 g/mol. The van der Waals surface area contributed by atoms with Gasteiger partial charge in [-0.15, -0.1) is 0 Å². The average Bonchev–Trinajstić information content (AvgIpc) is 2.39. The second-order valence-electron chi connectivity index (χ2n) is 4.51. The van der Waals surface area contributed by atoms with Crippen LogP contribution in [0.3, 0.4) is 0 Å². The van der Waals surface area contributed by atoms with Gasteiger partial charge in [0.2, 0.25) is 0 Å². The first-order valence-corrected chi connectivity index (χ1v) is 6.65. The van der Waals surface area contributed by atoms with Gasteiger partial charge in [-0.25, -0.2) is 4.98 Å². The van der Waals surface area contributed by atoms with E-state index in [0.717, 1.165) is 24.2 Å². The molecule has 0 aliphatic rings. The molecular formula is C14H24N2O2. The number of aliphatic hydroxyl groups is 2. The molecule has 0 aliphatic heterocycles. The molecule has 0 amide bonds. The number of rotatable bonds is 7. The molecule has 102 valence electrons. The summed E-state index contributed by atoms with van der Waals surface area (Å²) in [5.41, 5.74) is 0.812. The molecule has 0 radical (unpaired) electrons. The Morgan fingerprint density at radius 2 is 1.94 bits per heavy atom. The predicted octanol–water partition coefficient (Wildman–Crippen LogP) is 2.12. The van der Waals surface area contributed by atoms with Crippen LogP contribution in [0.1, 0.15) is 45.3 Å². The first-order chi connectivity index (χ1) is 8.63. The highest BCUT2D eigenvalue weighted by Crippen LogP contribution is 2.20. The first-order valence-electron chi connectivity index (χ1n) is 6.65. The molecule has 4 heteroatoms. The lowest BCUT2D eigenvalue weighted by molar-refractivity contribution is 0.199. The van der Waals surface area contributed by atoms with Crippen LogP contribution in [-0.4, -0.2) is 34.4 Å². The minimum absolute atomic E-state index is 0.121. The lowest BCUT2D eigenvalue weighted by Crippen LogP contribution is -2.37. The monoisotopic (exact) mass is 252 g/mol. The Morgan fingerprint density at radius 3 is 2.33 bits per heavy atom. The van der Waals surface area contributed by atoms with Crippen molar-refractivity contribution in [3.05, 3.63) is 23.9 Å². The van der Waals surface area contributed by atoms with E-state index in [1.165, 1.54) is 0 Å². The van der Waals surface area contributed by atoms with Crippen molar-refractivity contribution in [3.63, 3.8) is 0 Å². The first kappa shape index (κ1) is 14.9. The predicted molar refractivity (Wildman–Crippen MR) is 73.7 cm³/mol. The topological polar surface area (TPSA) is 56.6 Å². The van der Waals surface area contributed by atoms with Crippen molar-refractivity contribution in [1.29, 1.82) is 0 Å². The summed E-state index contributed by atoms with van der Waals surface area (Å²) in [4.78, 5) is 6.52. The van der Waals surface area contributed by atoms with Gasteiger partial charge in [0, 0.05) is 18.8 Å². The highest BCUT2D eigenvalue weighted by atomic mass is 16.3. The van der Waals surface area contributed by atoms with Gasteiger partial charge in [0.15, 0.2) is 0 Å². The largest absolute Gasteiger partial charge is 0.395 e. The van der Waals surface area contributed by atoms with Crippen LogP contribution in [0.4, 0.5) is 5.82 Å². The Labute approximate surface area is 109 Å². The zero-order valence-electron chi connectivity index (χ0n) is 11.5. The summed E-state index contributed by atoms with van der Waals surface area (Å²) in [5, 5.41) is 18.6. The lowest BCUT2D eigenvalue weighted by atomic mass is 10.1. The molecule has 1 rings (SSSR count). The Hall–Kier alpha value is -1.13. The molecule has 1 heterocycles. The van der Waals surface area contributed by atoms with E-state index in [1.807, 2.05) is 12.1 Å². The molecular weight excluding hydrogens is 228 g/mol. The fourth-order valence-electron chi connectivity index (χ4n) is 2.14. The minimum atomic E-state index is -0.494. The van der Waals surface area contributed by atoms with Crippen LogP contribution in [0.15, 0.2) is 18.3 Å². The molecule has 0 saturated carbocycles. The second kappa shape index (κ2) is 7.34. The van der Waals surface area contributed by atoms with Gasteiger partial charge in [0.25, 0.3) is 0 Å². The smallest absolute Gasteiger partial charge is 0.128 e. The zero-order chi connectivity index (χ0) is 13.5. The van der Waals surface area contributed by atoms with Gasteiger partial charge in [0.05, 0.1) is 12.7 Å². The third-order valence-corrected chi connectivity index (χ3v) is 3.27. The zero-order valence-corrected chi connectivity index (χ0v) is 11.5. The Balaban J connectivity index is 2.91. The minimum Gasteiger partial charge on any atom is -0.395 e. The van der Waals surface area contributed by atoms with E-state index >= 15 is 0 Å².